The van der Waals surface area contributed by atoms with Crippen LogP contribution in [0.1, 0.15) is 38.4 Å². The second-order valence-corrected chi connectivity index (χ2v) is 8.99. The van der Waals surface area contributed by atoms with Crippen LogP contribution >= 0.6 is 0 Å². The van der Waals surface area contributed by atoms with E-state index in [1.165, 1.54) is 30.5 Å². The largest absolute Gasteiger partial charge is 0.416 e. The number of hydrogen-bond donors (Lipinski definition) is 3. The van der Waals surface area contributed by atoms with E-state index in [-0.39, 0.29) is 41.5 Å². The summed E-state index contributed by atoms with van der Waals surface area (Å²) in [6, 6.07) is 10.2. The summed E-state index contributed by atoms with van der Waals surface area (Å²) in [5.74, 6) is 5.13. The van der Waals surface area contributed by atoms with Gasteiger partial charge < -0.3 is 21.1 Å². The van der Waals surface area contributed by atoms with Crippen LogP contribution in [0.25, 0.3) is 0 Å². The van der Waals surface area contributed by atoms with Crippen molar-refractivity contribution in [2.24, 2.45) is 0 Å². The molecule has 4 N–H and O–H groups in total. The fraction of sp³-hybridized carbons (Fsp3) is 0.296. The van der Waals surface area contributed by atoms with Gasteiger partial charge in [0, 0.05) is 49.5 Å². The number of nitrogens with zero attached hydrogens (tertiary/aromatic N) is 4. The Kier molecular flexibility index (Phi) is 8.26. The van der Waals surface area contributed by atoms with Crippen molar-refractivity contribution in [2.75, 3.05) is 44.3 Å². The molecule has 38 heavy (non-hydrogen) atoms. The molecule has 0 radical (unpaired) electrons. The van der Waals surface area contributed by atoms with Crippen molar-refractivity contribution in [3.8, 4) is 11.8 Å². The van der Waals surface area contributed by atoms with Crippen LogP contribution in [0.4, 0.5) is 24.7 Å². The Hall–Kier alpha value is -3.98. The summed E-state index contributed by atoms with van der Waals surface area (Å²) in [5, 5.41) is 11.8. The van der Waals surface area contributed by atoms with Crippen LogP contribution in [-0.4, -0.2) is 64.0 Å². The van der Waals surface area contributed by atoms with Gasteiger partial charge in [0.05, 0.1) is 24.1 Å². The monoisotopic (exact) mass is 524 g/mol. The van der Waals surface area contributed by atoms with E-state index in [1.54, 1.807) is 12.1 Å². The molecule has 1 aromatic heterocycles. The Morgan fingerprint density at radius 2 is 1.89 bits per heavy atom. The van der Waals surface area contributed by atoms with E-state index in [2.05, 4.69) is 32.0 Å². The molecular formula is C27H27F3N6O2. The summed E-state index contributed by atoms with van der Waals surface area (Å²) in [4.78, 5) is 25.0. The predicted octanol–water partition coefficient (Wildman–Crippen LogP) is 2.97. The SMILES string of the molecule is CN1CCN(Cc2ccc(NC(=O)c3cccc(C#Cc4nc(CO)cnc4N)c3)cc2C(F)(F)F)CC1. The number of halogens is 3. The number of alkyl halides is 3. The molecule has 1 aliphatic heterocycles. The van der Waals surface area contributed by atoms with Crippen LogP contribution in [0.3, 0.4) is 0 Å². The minimum atomic E-state index is -4.56. The van der Waals surface area contributed by atoms with Crippen molar-refractivity contribution in [3.63, 3.8) is 0 Å². The highest BCUT2D eigenvalue weighted by molar-refractivity contribution is 6.04. The molecule has 1 amide bonds. The maximum Gasteiger partial charge on any atom is 0.416 e. The second-order valence-electron chi connectivity index (χ2n) is 8.99. The molecule has 2 aromatic carbocycles. The topological polar surface area (TPSA) is 108 Å². The van der Waals surface area contributed by atoms with E-state index < -0.39 is 17.6 Å². The van der Waals surface area contributed by atoms with Crippen molar-refractivity contribution in [3.05, 3.63) is 82.3 Å². The number of piperazine rings is 1. The molecule has 0 aliphatic carbocycles. The molecule has 4 rings (SSSR count). The third-order valence-corrected chi connectivity index (χ3v) is 6.13. The average molecular weight is 525 g/mol. The molecule has 0 spiro atoms. The summed E-state index contributed by atoms with van der Waals surface area (Å²) in [5.41, 5.74) is 6.40. The Labute approximate surface area is 218 Å². The van der Waals surface area contributed by atoms with Crippen molar-refractivity contribution < 1.29 is 23.1 Å². The van der Waals surface area contributed by atoms with Gasteiger partial charge in [0.15, 0.2) is 11.5 Å². The Morgan fingerprint density at radius 1 is 1.13 bits per heavy atom. The molecular weight excluding hydrogens is 497 g/mol. The quantitative estimate of drug-likeness (QED) is 0.441. The average Bonchev–Trinajstić information content (AvgIpc) is 2.90. The lowest BCUT2D eigenvalue weighted by Crippen LogP contribution is -2.44. The molecule has 8 nitrogen and oxygen atoms in total. The molecule has 0 unspecified atom stereocenters. The van der Waals surface area contributed by atoms with E-state index in [1.807, 2.05) is 11.9 Å². The van der Waals surface area contributed by atoms with E-state index in [4.69, 9.17) is 5.73 Å². The van der Waals surface area contributed by atoms with Gasteiger partial charge in [-0.25, -0.2) is 9.97 Å². The van der Waals surface area contributed by atoms with Crippen LogP contribution in [0.15, 0.2) is 48.7 Å². The number of anilines is 2. The number of nitrogens with two attached hydrogens (primary N) is 1. The lowest BCUT2D eigenvalue weighted by atomic mass is 10.0. The van der Waals surface area contributed by atoms with Gasteiger partial charge in [-0.05, 0) is 48.9 Å². The van der Waals surface area contributed by atoms with Gasteiger partial charge in [-0.2, -0.15) is 13.2 Å². The summed E-state index contributed by atoms with van der Waals surface area (Å²) < 4.78 is 41.6. The molecule has 0 saturated carbocycles. The summed E-state index contributed by atoms with van der Waals surface area (Å²) in [6.45, 7) is 2.86. The van der Waals surface area contributed by atoms with E-state index in [9.17, 15) is 23.1 Å². The van der Waals surface area contributed by atoms with E-state index >= 15 is 0 Å². The first-order valence-electron chi connectivity index (χ1n) is 11.9. The molecule has 1 fully saturated rings. The highest BCUT2D eigenvalue weighted by Gasteiger charge is 2.34. The standard InChI is InChI=1S/C27H27F3N6O2/c1-35-9-11-36(12-10-35)16-20-6-7-21(14-23(20)27(28,29)30)34-26(38)19-4-2-3-18(13-19)5-8-24-25(31)32-15-22(17-37)33-24/h2-4,6-7,13-15,37H,9-12,16-17H2,1H3,(H2,31,32)(H,34,38). The van der Waals surface area contributed by atoms with Gasteiger partial charge in [-0.3, -0.25) is 9.69 Å². The first-order valence-corrected chi connectivity index (χ1v) is 11.9. The highest BCUT2D eigenvalue weighted by Crippen LogP contribution is 2.34. The van der Waals surface area contributed by atoms with Gasteiger partial charge in [-0.1, -0.05) is 18.1 Å². The second kappa shape index (κ2) is 11.6. The third-order valence-electron chi connectivity index (χ3n) is 6.13. The van der Waals surface area contributed by atoms with Crippen LogP contribution < -0.4 is 11.1 Å². The zero-order valence-corrected chi connectivity index (χ0v) is 20.7. The summed E-state index contributed by atoms with van der Waals surface area (Å²) in [6.07, 6.45) is -3.22. The maximum atomic E-state index is 13.9. The van der Waals surface area contributed by atoms with E-state index in [0.717, 1.165) is 19.2 Å². The minimum absolute atomic E-state index is 0.0461. The fourth-order valence-corrected chi connectivity index (χ4v) is 3.98. The van der Waals surface area contributed by atoms with Gasteiger partial charge in [0.25, 0.3) is 5.91 Å². The number of hydrogen-bond acceptors (Lipinski definition) is 7. The third kappa shape index (κ3) is 6.86. The highest BCUT2D eigenvalue weighted by atomic mass is 19.4. The van der Waals surface area contributed by atoms with Gasteiger partial charge in [0.2, 0.25) is 0 Å². The molecule has 1 saturated heterocycles. The van der Waals surface area contributed by atoms with Crippen molar-refractivity contribution in [1.29, 1.82) is 0 Å². The van der Waals surface area contributed by atoms with E-state index in [0.29, 0.717) is 24.3 Å². The zero-order chi connectivity index (χ0) is 27.3. The molecule has 1 aliphatic rings. The lowest BCUT2D eigenvalue weighted by Gasteiger charge is -2.33. The number of carbonyl (C=O) groups is 1. The van der Waals surface area contributed by atoms with Crippen LogP contribution in [-0.2, 0) is 19.3 Å². The number of carbonyl (C=O) groups excluding carboxylic acids is 1. The number of aliphatic hydroxyl groups is 1. The van der Waals surface area contributed by atoms with Crippen LogP contribution in [0.2, 0.25) is 0 Å². The molecule has 3 aromatic rings. The van der Waals surface area contributed by atoms with Gasteiger partial charge in [0.1, 0.15) is 0 Å². The normalized spacial score (nSPS) is 14.6. The first-order chi connectivity index (χ1) is 18.1. The summed E-state index contributed by atoms with van der Waals surface area (Å²) in [7, 11) is 1.99. The number of amides is 1. The lowest BCUT2D eigenvalue weighted by molar-refractivity contribution is -0.138. The Balaban J connectivity index is 1.51. The first kappa shape index (κ1) is 27.1. The van der Waals surface area contributed by atoms with Crippen LogP contribution in [0, 0.1) is 11.8 Å². The molecule has 2 heterocycles. The zero-order valence-electron chi connectivity index (χ0n) is 20.7. The number of aromatic nitrogens is 2. The van der Waals surface area contributed by atoms with Gasteiger partial charge in [-0.15, -0.1) is 0 Å². The number of rotatable bonds is 5. The predicted molar refractivity (Wildman–Crippen MR) is 137 cm³/mol. The number of benzene rings is 2. The number of nitrogen functional groups attached to an aromatic ring is 1. The summed E-state index contributed by atoms with van der Waals surface area (Å²) >= 11 is 0. The molecule has 0 bridgehead atoms. The smallest absolute Gasteiger partial charge is 0.390 e. The number of likely N-dealkylation sites (N-methyl/N-ethyl adjacent to an activating group) is 1. The van der Waals surface area contributed by atoms with Crippen molar-refractivity contribution in [2.45, 2.75) is 19.3 Å². The molecule has 11 heteroatoms. The van der Waals surface area contributed by atoms with Crippen molar-refractivity contribution >= 4 is 17.4 Å². The fourth-order valence-electron chi connectivity index (χ4n) is 3.98. The molecule has 0 atom stereocenters. The minimum Gasteiger partial charge on any atom is -0.390 e. The Bertz CT molecular complexity index is 1380. The number of nitrogens with one attached hydrogen (secondary N) is 1. The number of aliphatic hydroxyl groups excluding tert-OH is 1. The van der Waals surface area contributed by atoms with Gasteiger partial charge >= 0.3 is 6.18 Å². The van der Waals surface area contributed by atoms with Crippen LogP contribution in [0.5, 0.6) is 0 Å². The van der Waals surface area contributed by atoms with Crippen molar-refractivity contribution in [1.82, 2.24) is 19.8 Å². The Morgan fingerprint density at radius 3 is 2.61 bits per heavy atom. The molecule has 198 valence electrons. The maximum absolute atomic E-state index is 13.9.